The highest BCUT2D eigenvalue weighted by Crippen LogP contribution is 2.29. The Balaban J connectivity index is 1.38. The molecule has 0 aliphatic carbocycles. The van der Waals surface area contributed by atoms with Crippen LogP contribution in [0.1, 0.15) is 52.7 Å². The minimum atomic E-state index is 0.130. The first-order chi connectivity index (χ1) is 17.1. The maximum atomic E-state index is 4.39. The third-order valence-electron chi connectivity index (χ3n) is 6.10. The zero-order chi connectivity index (χ0) is 25.8. The molecule has 4 heteroatoms. The molecule has 0 saturated heterocycles. The van der Waals surface area contributed by atoms with Gasteiger partial charge in [-0.3, -0.25) is 0 Å². The van der Waals surface area contributed by atoms with Gasteiger partial charge >= 0.3 is 0 Å². The van der Waals surface area contributed by atoms with Gasteiger partial charge in [-0.05, 0) is 81.6 Å². The number of rotatable bonds is 5. The van der Waals surface area contributed by atoms with Crippen LogP contribution < -0.4 is 0 Å². The third kappa shape index (κ3) is 6.60. The van der Waals surface area contributed by atoms with Crippen LogP contribution >= 0.6 is 0 Å². The number of benzene rings is 4. The van der Waals surface area contributed by atoms with Crippen LogP contribution in [-0.2, 0) is 10.8 Å². The van der Waals surface area contributed by atoms with Gasteiger partial charge in [0.05, 0.1) is 22.7 Å². The molecule has 0 atom stereocenters. The molecule has 0 bridgehead atoms. The van der Waals surface area contributed by atoms with Crippen molar-refractivity contribution in [2.75, 3.05) is 0 Å². The number of azo groups is 2. The normalized spacial score (nSPS) is 12.5. The van der Waals surface area contributed by atoms with Crippen molar-refractivity contribution in [3.05, 3.63) is 108 Å². The second-order valence-electron chi connectivity index (χ2n) is 11.1. The summed E-state index contributed by atoms with van der Waals surface area (Å²) in [6.45, 7) is 13.2. The molecule has 4 aromatic carbocycles. The van der Waals surface area contributed by atoms with Crippen molar-refractivity contribution in [2.24, 2.45) is 20.5 Å². The first-order valence-electron chi connectivity index (χ1n) is 12.3. The maximum Gasteiger partial charge on any atom is 0.0857 e. The molecule has 0 saturated carbocycles. The summed E-state index contributed by atoms with van der Waals surface area (Å²) in [5.74, 6) is 0. The standard InChI is InChI=1S/C32H34N4/c1-31(2,3)25-11-19-29(20-12-25)35-33-27-15-7-23(8-16-27)24-9-17-28(18-10-24)34-36-30-21-13-26(14-22-30)32(4,5)6/h7-22H,1-6H3. The fourth-order valence-corrected chi connectivity index (χ4v) is 3.73. The molecule has 0 unspecified atom stereocenters. The maximum absolute atomic E-state index is 4.39. The Labute approximate surface area is 214 Å². The lowest BCUT2D eigenvalue weighted by atomic mass is 9.87. The van der Waals surface area contributed by atoms with Crippen LogP contribution in [0, 0.1) is 0 Å². The molecule has 0 fully saturated rings. The first-order valence-corrected chi connectivity index (χ1v) is 12.3. The summed E-state index contributed by atoms with van der Waals surface area (Å²) < 4.78 is 0. The van der Waals surface area contributed by atoms with Crippen LogP contribution in [0.4, 0.5) is 22.7 Å². The van der Waals surface area contributed by atoms with Crippen LogP contribution in [0.3, 0.4) is 0 Å². The minimum absolute atomic E-state index is 0.130. The molecule has 36 heavy (non-hydrogen) atoms. The van der Waals surface area contributed by atoms with Crippen molar-refractivity contribution in [3.63, 3.8) is 0 Å². The molecule has 0 aromatic heterocycles. The lowest BCUT2D eigenvalue weighted by Gasteiger charge is -2.18. The van der Waals surface area contributed by atoms with E-state index >= 15 is 0 Å². The average molecular weight is 475 g/mol. The Bertz CT molecular complexity index is 1220. The first kappa shape index (κ1) is 25.2. The Morgan fingerprint density at radius 2 is 0.556 bits per heavy atom. The van der Waals surface area contributed by atoms with E-state index in [0.29, 0.717) is 0 Å². The van der Waals surface area contributed by atoms with Crippen molar-refractivity contribution in [1.82, 2.24) is 0 Å². The van der Waals surface area contributed by atoms with Gasteiger partial charge < -0.3 is 0 Å². The van der Waals surface area contributed by atoms with E-state index in [1.54, 1.807) is 0 Å². The molecule has 0 N–H and O–H groups in total. The molecule has 0 amide bonds. The Kier molecular flexibility index (Phi) is 7.25. The van der Waals surface area contributed by atoms with Crippen LogP contribution in [0.15, 0.2) is 118 Å². The number of hydrogen-bond acceptors (Lipinski definition) is 4. The van der Waals surface area contributed by atoms with E-state index in [1.807, 2.05) is 48.5 Å². The summed E-state index contributed by atoms with van der Waals surface area (Å²) in [4.78, 5) is 0. The van der Waals surface area contributed by atoms with Gasteiger partial charge in [-0.15, -0.1) is 0 Å². The zero-order valence-electron chi connectivity index (χ0n) is 22.0. The fourth-order valence-electron chi connectivity index (χ4n) is 3.73. The fraction of sp³-hybridized carbons (Fsp3) is 0.250. The average Bonchev–Trinajstić information content (AvgIpc) is 2.86. The van der Waals surface area contributed by atoms with Gasteiger partial charge in [-0.25, -0.2) is 0 Å². The molecule has 0 heterocycles. The third-order valence-corrected chi connectivity index (χ3v) is 6.10. The molecule has 4 aromatic rings. The van der Waals surface area contributed by atoms with E-state index in [9.17, 15) is 0 Å². The van der Waals surface area contributed by atoms with Crippen LogP contribution in [0.2, 0.25) is 0 Å². The van der Waals surface area contributed by atoms with Gasteiger partial charge in [0, 0.05) is 0 Å². The van der Waals surface area contributed by atoms with E-state index in [4.69, 9.17) is 0 Å². The smallest absolute Gasteiger partial charge is 0.0857 e. The monoisotopic (exact) mass is 474 g/mol. The minimum Gasteiger partial charge on any atom is -0.151 e. The quantitative estimate of drug-likeness (QED) is 0.258. The van der Waals surface area contributed by atoms with Crippen molar-refractivity contribution in [1.29, 1.82) is 0 Å². The van der Waals surface area contributed by atoms with Gasteiger partial charge in [-0.2, -0.15) is 20.5 Å². The Hall–Kier alpha value is -3.92. The summed E-state index contributed by atoms with van der Waals surface area (Å²) in [5.41, 5.74) is 8.40. The molecule has 4 nitrogen and oxygen atoms in total. The van der Waals surface area contributed by atoms with Crippen molar-refractivity contribution in [3.8, 4) is 11.1 Å². The number of hydrogen-bond donors (Lipinski definition) is 0. The molecular weight excluding hydrogens is 440 g/mol. The topological polar surface area (TPSA) is 49.4 Å². The molecule has 0 radical (unpaired) electrons. The lowest BCUT2D eigenvalue weighted by Crippen LogP contribution is -2.10. The van der Waals surface area contributed by atoms with Gasteiger partial charge in [-0.1, -0.05) is 90.1 Å². The Morgan fingerprint density at radius 3 is 0.778 bits per heavy atom. The van der Waals surface area contributed by atoms with Gasteiger partial charge in [0.25, 0.3) is 0 Å². The molecule has 182 valence electrons. The Morgan fingerprint density at radius 1 is 0.333 bits per heavy atom. The van der Waals surface area contributed by atoms with Gasteiger partial charge in [0.1, 0.15) is 0 Å². The van der Waals surface area contributed by atoms with Gasteiger partial charge in [0.2, 0.25) is 0 Å². The highest BCUT2D eigenvalue weighted by atomic mass is 15.1. The lowest BCUT2D eigenvalue weighted by molar-refractivity contribution is 0.590. The van der Waals surface area contributed by atoms with E-state index in [1.165, 1.54) is 11.1 Å². The molecule has 0 aliphatic heterocycles. The van der Waals surface area contributed by atoms with E-state index in [2.05, 4.69) is 111 Å². The molecule has 0 aliphatic rings. The highest BCUT2D eigenvalue weighted by Gasteiger charge is 2.13. The SMILES string of the molecule is CC(C)(C)c1ccc(N=Nc2ccc(-c3ccc(N=Nc4ccc(C(C)(C)C)cc4)cc3)cc2)cc1. The largest absolute Gasteiger partial charge is 0.151 e. The van der Waals surface area contributed by atoms with Crippen molar-refractivity contribution < 1.29 is 0 Å². The second kappa shape index (κ2) is 10.4. The van der Waals surface area contributed by atoms with Gasteiger partial charge in [0.15, 0.2) is 0 Å². The molecular formula is C32H34N4. The summed E-state index contributed by atoms with van der Waals surface area (Å²) in [5, 5.41) is 17.5. The van der Waals surface area contributed by atoms with E-state index < -0.39 is 0 Å². The van der Waals surface area contributed by atoms with Crippen LogP contribution in [0.5, 0.6) is 0 Å². The summed E-state index contributed by atoms with van der Waals surface area (Å²) in [7, 11) is 0. The summed E-state index contributed by atoms with van der Waals surface area (Å²) in [6.07, 6.45) is 0. The summed E-state index contributed by atoms with van der Waals surface area (Å²) >= 11 is 0. The van der Waals surface area contributed by atoms with Crippen molar-refractivity contribution >= 4 is 22.7 Å². The predicted molar refractivity (Wildman–Crippen MR) is 151 cm³/mol. The van der Waals surface area contributed by atoms with E-state index in [-0.39, 0.29) is 10.8 Å². The molecule has 4 rings (SSSR count). The summed E-state index contributed by atoms with van der Waals surface area (Å²) in [6, 6.07) is 32.7. The second-order valence-corrected chi connectivity index (χ2v) is 11.1. The predicted octanol–water partition coefficient (Wildman–Crippen LogP) is 10.8. The number of nitrogens with zero attached hydrogens (tertiary/aromatic N) is 4. The van der Waals surface area contributed by atoms with Crippen molar-refractivity contribution in [2.45, 2.75) is 52.4 Å². The highest BCUT2D eigenvalue weighted by molar-refractivity contribution is 5.67. The van der Waals surface area contributed by atoms with Crippen LogP contribution in [-0.4, -0.2) is 0 Å². The zero-order valence-corrected chi connectivity index (χ0v) is 22.0. The molecule has 0 spiro atoms. The van der Waals surface area contributed by atoms with Crippen LogP contribution in [0.25, 0.3) is 11.1 Å². The van der Waals surface area contributed by atoms with E-state index in [0.717, 1.165) is 33.9 Å².